The molecule has 0 bridgehead atoms. The zero-order valence-electron chi connectivity index (χ0n) is 17.8. The van der Waals surface area contributed by atoms with E-state index in [4.69, 9.17) is 9.39 Å². The molecular weight excluding hydrogens is 365 g/mol. The fourth-order valence-electron chi connectivity index (χ4n) is 2.82. The van der Waals surface area contributed by atoms with Gasteiger partial charge in [-0.1, -0.05) is 41.4 Å². The lowest BCUT2D eigenvalue weighted by Crippen LogP contribution is -2.49. The van der Waals surface area contributed by atoms with E-state index >= 15 is 0 Å². The second kappa shape index (κ2) is 7.69. The number of rotatable bonds is 6. The van der Waals surface area contributed by atoms with Crippen molar-refractivity contribution in [3.63, 3.8) is 0 Å². The molecule has 0 saturated heterocycles. The minimum absolute atomic E-state index is 0.137. The van der Waals surface area contributed by atoms with Gasteiger partial charge in [-0.25, -0.2) is 0 Å². The molecule has 0 aliphatic rings. The summed E-state index contributed by atoms with van der Waals surface area (Å²) in [4.78, 5) is 13.2. The molecule has 0 aliphatic heterocycles. The van der Waals surface area contributed by atoms with Gasteiger partial charge in [-0.05, 0) is 46.8 Å². The van der Waals surface area contributed by atoms with Gasteiger partial charge in [-0.2, -0.15) is 0 Å². The average molecular weight is 392 g/mol. The highest BCUT2D eigenvalue weighted by Crippen LogP contribution is 2.25. The summed E-state index contributed by atoms with van der Waals surface area (Å²) < 4.78 is 13.0. The summed E-state index contributed by atoms with van der Waals surface area (Å²) in [5.74, 6) is 0.615. The third-order valence-corrected chi connectivity index (χ3v) is 5.50. The van der Waals surface area contributed by atoms with Gasteiger partial charge in [0.15, 0.2) is 0 Å². The molecular formula is C23H27BNO4. The van der Waals surface area contributed by atoms with Crippen LogP contribution in [0.3, 0.4) is 0 Å². The molecule has 1 aromatic heterocycles. The Morgan fingerprint density at radius 1 is 1.00 bits per heavy atom. The molecule has 1 N–H and O–H groups in total. The standard InChI is InChI=1S/C23H27BNO4/c1-15-7-10-17(11-8-15)25-14-20(28-6)18-12-9-16(13-19(18)21(25)26)24-29-23(4,5)22(2,3)27/h7-14,27H,1-6H3. The van der Waals surface area contributed by atoms with Gasteiger partial charge in [0, 0.05) is 11.1 Å². The van der Waals surface area contributed by atoms with Gasteiger partial charge in [0.05, 0.1) is 29.9 Å². The molecule has 0 amide bonds. The minimum Gasteiger partial charge on any atom is -0.495 e. The third kappa shape index (κ3) is 4.23. The predicted molar refractivity (Wildman–Crippen MR) is 118 cm³/mol. The summed E-state index contributed by atoms with van der Waals surface area (Å²) in [7, 11) is 3.17. The van der Waals surface area contributed by atoms with E-state index < -0.39 is 11.2 Å². The maximum Gasteiger partial charge on any atom is 0.330 e. The molecule has 1 radical (unpaired) electrons. The minimum atomic E-state index is -1.03. The van der Waals surface area contributed by atoms with Gasteiger partial charge in [-0.15, -0.1) is 0 Å². The van der Waals surface area contributed by atoms with E-state index in [0.717, 1.165) is 22.1 Å². The van der Waals surface area contributed by atoms with E-state index in [1.807, 2.05) is 57.2 Å². The molecule has 1 heterocycles. The quantitative estimate of drug-likeness (QED) is 0.655. The van der Waals surface area contributed by atoms with Crippen molar-refractivity contribution in [1.82, 2.24) is 4.57 Å². The van der Waals surface area contributed by atoms with Crippen LogP contribution in [0.1, 0.15) is 33.3 Å². The lowest BCUT2D eigenvalue weighted by atomic mass is 9.82. The number of hydrogen-bond donors (Lipinski definition) is 1. The van der Waals surface area contributed by atoms with Crippen molar-refractivity contribution < 1.29 is 14.5 Å². The predicted octanol–water partition coefficient (Wildman–Crippen LogP) is 3.12. The molecule has 3 rings (SSSR count). The van der Waals surface area contributed by atoms with Crippen LogP contribution in [-0.2, 0) is 4.65 Å². The lowest BCUT2D eigenvalue weighted by molar-refractivity contribution is -0.0893. The van der Waals surface area contributed by atoms with Gasteiger partial charge < -0.3 is 14.5 Å². The van der Waals surface area contributed by atoms with Gasteiger partial charge in [0.1, 0.15) is 5.75 Å². The number of ether oxygens (including phenoxy) is 1. The largest absolute Gasteiger partial charge is 0.495 e. The Morgan fingerprint density at radius 2 is 1.66 bits per heavy atom. The van der Waals surface area contributed by atoms with Crippen LogP contribution in [0.4, 0.5) is 0 Å². The molecule has 5 nitrogen and oxygen atoms in total. The average Bonchev–Trinajstić information content (AvgIpc) is 2.67. The molecule has 151 valence electrons. The van der Waals surface area contributed by atoms with Crippen LogP contribution < -0.4 is 15.8 Å². The molecule has 0 unspecified atom stereocenters. The fourth-order valence-corrected chi connectivity index (χ4v) is 2.82. The summed E-state index contributed by atoms with van der Waals surface area (Å²) in [6, 6.07) is 13.2. The molecule has 29 heavy (non-hydrogen) atoms. The van der Waals surface area contributed by atoms with Crippen molar-refractivity contribution in [3.05, 3.63) is 64.6 Å². The van der Waals surface area contributed by atoms with Gasteiger partial charge in [-0.3, -0.25) is 9.36 Å². The molecule has 3 aromatic rings. The van der Waals surface area contributed by atoms with Crippen molar-refractivity contribution in [2.24, 2.45) is 0 Å². The smallest absolute Gasteiger partial charge is 0.330 e. The number of fused-ring (bicyclic) bond motifs is 1. The van der Waals surface area contributed by atoms with Crippen LogP contribution in [-0.4, -0.2) is 35.5 Å². The Bertz CT molecular complexity index is 1080. The highest BCUT2D eigenvalue weighted by atomic mass is 16.5. The van der Waals surface area contributed by atoms with Crippen LogP contribution in [0.15, 0.2) is 53.5 Å². The number of aliphatic hydroxyl groups is 1. The van der Waals surface area contributed by atoms with Crippen molar-refractivity contribution in [2.45, 2.75) is 45.8 Å². The van der Waals surface area contributed by atoms with E-state index in [1.165, 1.54) is 0 Å². The Hall–Kier alpha value is -2.57. The van der Waals surface area contributed by atoms with Crippen molar-refractivity contribution in [1.29, 1.82) is 0 Å². The number of nitrogens with zero attached hydrogens (tertiary/aromatic N) is 1. The van der Waals surface area contributed by atoms with E-state index in [9.17, 15) is 9.90 Å². The Morgan fingerprint density at radius 3 is 2.24 bits per heavy atom. The second-order valence-electron chi connectivity index (χ2n) is 8.32. The van der Waals surface area contributed by atoms with Crippen LogP contribution >= 0.6 is 0 Å². The summed E-state index contributed by atoms with van der Waals surface area (Å²) >= 11 is 0. The number of aryl methyl sites for hydroxylation is 1. The maximum atomic E-state index is 13.2. The Balaban J connectivity index is 2.06. The van der Waals surface area contributed by atoms with Crippen molar-refractivity contribution in [2.75, 3.05) is 7.11 Å². The number of benzene rings is 2. The zero-order chi connectivity index (χ0) is 21.4. The second-order valence-corrected chi connectivity index (χ2v) is 8.32. The summed E-state index contributed by atoms with van der Waals surface area (Å²) in [6.45, 7) is 9.04. The first-order chi connectivity index (χ1) is 13.5. The van der Waals surface area contributed by atoms with Crippen LogP contribution in [0, 0.1) is 6.92 Å². The highest BCUT2D eigenvalue weighted by molar-refractivity contribution is 6.47. The monoisotopic (exact) mass is 392 g/mol. The van der Waals surface area contributed by atoms with Crippen molar-refractivity contribution in [3.8, 4) is 11.4 Å². The van der Waals surface area contributed by atoms with Gasteiger partial charge in [0.2, 0.25) is 0 Å². The van der Waals surface area contributed by atoms with Crippen LogP contribution in [0.2, 0.25) is 0 Å². The van der Waals surface area contributed by atoms with Crippen LogP contribution in [0.25, 0.3) is 16.5 Å². The van der Waals surface area contributed by atoms with E-state index in [1.54, 1.807) is 45.3 Å². The van der Waals surface area contributed by atoms with E-state index in [2.05, 4.69) is 0 Å². The highest BCUT2D eigenvalue weighted by Gasteiger charge is 2.35. The first-order valence-electron chi connectivity index (χ1n) is 9.57. The van der Waals surface area contributed by atoms with Crippen molar-refractivity contribution >= 4 is 23.7 Å². The number of pyridine rings is 1. The van der Waals surface area contributed by atoms with Gasteiger partial charge >= 0.3 is 7.48 Å². The number of methoxy groups -OCH3 is 1. The fraction of sp³-hybridized carbons (Fsp3) is 0.348. The lowest BCUT2D eigenvalue weighted by Gasteiger charge is -2.37. The molecule has 0 saturated carbocycles. The number of hydrogen-bond acceptors (Lipinski definition) is 4. The molecule has 6 heteroatoms. The van der Waals surface area contributed by atoms with Gasteiger partial charge in [0.25, 0.3) is 5.56 Å². The summed E-state index contributed by atoms with van der Waals surface area (Å²) in [6.07, 6.45) is 1.71. The molecule has 0 fully saturated rings. The summed E-state index contributed by atoms with van der Waals surface area (Å²) in [5, 5.41) is 11.5. The molecule has 0 aliphatic carbocycles. The molecule has 0 atom stereocenters. The Labute approximate surface area is 172 Å². The first kappa shape index (κ1) is 21.2. The summed E-state index contributed by atoms with van der Waals surface area (Å²) in [5.41, 5.74) is 0.671. The van der Waals surface area contributed by atoms with E-state index in [0.29, 0.717) is 11.1 Å². The first-order valence-corrected chi connectivity index (χ1v) is 9.57. The zero-order valence-corrected chi connectivity index (χ0v) is 17.8. The topological polar surface area (TPSA) is 60.7 Å². The number of aromatic nitrogens is 1. The third-order valence-electron chi connectivity index (χ3n) is 5.50. The maximum absolute atomic E-state index is 13.2. The molecule has 2 aromatic carbocycles. The molecule has 0 spiro atoms. The van der Waals surface area contributed by atoms with Crippen LogP contribution in [0.5, 0.6) is 5.75 Å². The normalized spacial score (nSPS) is 12.2. The SMILES string of the molecule is COc1cn(-c2ccc(C)cc2)c(=O)c2cc([B]OC(C)(C)C(C)(C)O)ccc12. The Kier molecular flexibility index (Phi) is 5.61. The van der Waals surface area contributed by atoms with E-state index in [-0.39, 0.29) is 5.56 Å².